The molecule has 1 aliphatic heterocycles. The van der Waals surface area contributed by atoms with Crippen LogP contribution in [0.15, 0.2) is 109 Å². The molecule has 0 aromatic heterocycles. The maximum absolute atomic E-state index is 13.6. The number of carbonyl (C=O) groups excluding carboxylic acids is 3. The van der Waals surface area contributed by atoms with E-state index in [1.165, 1.54) is 13.2 Å². The van der Waals surface area contributed by atoms with Crippen molar-refractivity contribution in [1.82, 2.24) is 0 Å². The van der Waals surface area contributed by atoms with Crippen molar-refractivity contribution < 1.29 is 23.9 Å². The van der Waals surface area contributed by atoms with E-state index in [2.05, 4.69) is 0 Å². The number of ether oxygens (including phenoxy) is 2. The molecule has 1 aliphatic rings. The minimum atomic E-state index is -0.747. The topological polar surface area (TPSA) is 76.2 Å². The van der Waals surface area contributed by atoms with Crippen molar-refractivity contribution in [1.29, 1.82) is 0 Å². The number of nitrogens with zero attached hydrogens (tertiary/aromatic N) is 2. The Kier molecular flexibility index (Phi) is 7.43. The Hall–Kier alpha value is -4.88. The molecule has 4 amide bonds. The largest absolute Gasteiger partial charge is 0.493 e. The third-order valence-electron chi connectivity index (χ3n) is 6.08. The van der Waals surface area contributed by atoms with E-state index in [9.17, 15) is 14.4 Å². The van der Waals surface area contributed by atoms with Crippen molar-refractivity contribution in [3.8, 4) is 11.5 Å². The van der Waals surface area contributed by atoms with Gasteiger partial charge in [0.05, 0.1) is 18.5 Å². The number of methoxy groups -OCH3 is 1. The SMILES string of the molecule is COc1cc(C=C2C(=O)N(c3ccccc3)C(=O)N(c3ccccc3)C2=O)ccc1OCc1ccc(Cl)cc1. The van der Waals surface area contributed by atoms with Crippen LogP contribution in [-0.2, 0) is 16.2 Å². The van der Waals surface area contributed by atoms with E-state index < -0.39 is 17.8 Å². The van der Waals surface area contributed by atoms with Crippen molar-refractivity contribution in [3.05, 3.63) is 125 Å². The number of halogens is 1. The van der Waals surface area contributed by atoms with Crippen LogP contribution < -0.4 is 19.3 Å². The van der Waals surface area contributed by atoms with E-state index in [-0.39, 0.29) is 5.57 Å². The van der Waals surface area contributed by atoms with Crippen LogP contribution >= 0.6 is 11.6 Å². The van der Waals surface area contributed by atoms with Crippen LogP contribution in [-0.4, -0.2) is 25.0 Å². The molecule has 0 N–H and O–H groups in total. The molecule has 1 heterocycles. The third-order valence-corrected chi connectivity index (χ3v) is 6.34. The lowest BCUT2D eigenvalue weighted by Crippen LogP contribution is -2.57. The second kappa shape index (κ2) is 11.2. The predicted molar refractivity (Wildman–Crippen MR) is 150 cm³/mol. The minimum Gasteiger partial charge on any atom is -0.493 e. The lowest BCUT2D eigenvalue weighted by atomic mass is 10.0. The number of barbiturate groups is 1. The van der Waals surface area contributed by atoms with Crippen LogP contribution in [0.1, 0.15) is 11.1 Å². The zero-order valence-electron chi connectivity index (χ0n) is 20.9. The van der Waals surface area contributed by atoms with Crippen LogP contribution in [0.25, 0.3) is 6.08 Å². The Morgan fingerprint density at radius 1 is 0.718 bits per heavy atom. The molecule has 7 nitrogen and oxygen atoms in total. The van der Waals surface area contributed by atoms with Gasteiger partial charge in [-0.05, 0) is 65.7 Å². The number of urea groups is 1. The fourth-order valence-corrected chi connectivity index (χ4v) is 4.27. The third kappa shape index (κ3) is 5.39. The molecule has 0 unspecified atom stereocenters. The van der Waals surface area contributed by atoms with Gasteiger partial charge in [0.1, 0.15) is 12.2 Å². The number of imide groups is 2. The molecule has 0 aliphatic carbocycles. The zero-order valence-corrected chi connectivity index (χ0v) is 21.7. The van der Waals surface area contributed by atoms with E-state index in [1.54, 1.807) is 91.0 Å². The van der Waals surface area contributed by atoms with E-state index >= 15 is 0 Å². The summed E-state index contributed by atoms with van der Waals surface area (Å²) in [5.74, 6) is -0.524. The smallest absolute Gasteiger partial charge is 0.343 e. The summed E-state index contributed by atoms with van der Waals surface area (Å²) in [5, 5.41) is 0.638. The van der Waals surface area contributed by atoms with E-state index in [0.717, 1.165) is 15.4 Å². The molecule has 4 aromatic rings. The van der Waals surface area contributed by atoms with Crippen LogP contribution in [0.5, 0.6) is 11.5 Å². The Morgan fingerprint density at radius 2 is 1.28 bits per heavy atom. The number of carbonyl (C=O) groups is 3. The zero-order chi connectivity index (χ0) is 27.4. The molecule has 0 saturated carbocycles. The Morgan fingerprint density at radius 3 is 1.82 bits per heavy atom. The highest BCUT2D eigenvalue weighted by molar-refractivity contribution is 6.46. The summed E-state index contributed by atoms with van der Waals surface area (Å²) in [7, 11) is 1.51. The first-order chi connectivity index (χ1) is 19.0. The summed E-state index contributed by atoms with van der Waals surface area (Å²) in [6.07, 6.45) is 1.45. The first kappa shape index (κ1) is 25.8. The van der Waals surface area contributed by atoms with Crippen LogP contribution in [0, 0.1) is 0 Å². The van der Waals surface area contributed by atoms with Gasteiger partial charge < -0.3 is 9.47 Å². The van der Waals surface area contributed by atoms with Crippen molar-refractivity contribution in [3.63, 3.8) is 0 Å². The van der Waals surface area contributed by atoms with E-state index in [1.807, 2.05) is 12.1 Å². The molecule has 4 aromatic carbocycles. The average Bonchev–Trinajstić information content (AvgIpc) is 2.96. The molecular formula is C31H23ClN2O5. The van der Waals surface area contributed by atoms with Crippen molar-refractivity contribution in [2.24, 2.45) is 0 Å². The molecule has 39 heavy (non-hydrogen) atoms. The molecule has 1 saturated heterocycles. The van der Waals surface area contributed by atoms with Gasteiger partial charge in [0, 0.05) is 5.02 Å². The lowest BCUT2D eigenvalue weighted by Gasteiger charge is -2.33. The maximum Gasteiger partial charge on any atom is 0.343 e. The minimum absolute atomic E-state index is 0.167. The summed E-state index contributed by atoms with van der Waals surface area (Å²) in [5.41, 5.74) is 2.00. The number of amides is 4. The van der Waals surface area contributed by atoms with Gasteiger partial charge in [0.25, 0.3) is 11.8 Å². The quantitative estimate of drug-likeness (QED) is 0.198. The number of anilines is 2. The van der Waals surface area contributed by atoms with Gasteiger partial charge in [-0.3, -0.25) is 9.59 Å². The number of para-hydroxylation sites is 2. The summed E-state index contributed by atoms with van der Waals surface area (Å²) in [6.45, 7) is 0.297. The van der Waals surface area contributed by atoms with Gasteiger partial charge in [0.15, 0.2) is 11.5 Å². The van der Waals surface area contributed by atoms with E-state index in [0.29, 0.717) is 40.1 Å². The Balaban J connectivity index is 1.50. The molecule has 5 rings (SSSR count). The second-order valence-electron chi connectivity index (χ2n) is 8.62. The highest BCUT2D eigenvalue weighted by atomic mass is 35.5. The first-order valence-electron chi connectivity index (χ1n) is 12.1. The predicted octanol–water partition coefficient (Wildman–Crippen LogP) is 6.51. The maximum atomic E-state index is 13.6. The molecule has 0 bridgehead atoms. The van der Waals surface area contributed by atoms with Crippen molar-refractivity contribution in [2.45, 2.75) is 6.61 Å². The number of rotatable bonds is 7. The number of hydrogen-bond acceptors (Lipinski definition) is 5. The normalized spacial score (nSPS) is 13.5. The van der Waals surface area contributed by atoms with Crippen LogP contribution in [0.2, 0.25) is 5.02 Å². The summed E-state index contributed by atoms with van der Waals surface area (Å²) >= 11 is 5.95. The number of hydrogen-bond donors (Lipinski definition) is 0. The van der Waals surface area contributed by atoms with Gasteiger partial charge in [0.2, 0.25) is 0 Å². The highest BCUT2D eigenvalue weighted by Crippen LogP contribution is 2.32. The molecule has 1 fully saturated rings. The Labute approximate surface area is 230 Å². The lowest BCUT2D eigenvalue weighted by molar-refractivity contribution is -0.121. The van der Waals surface area contributed by atoms with Crippen LogP contribution in [0.4, 0.5) is 16.2 Å². The van der Waals surface area contributed by atoms with Gasteiger partial charge in [-0.15, -0.1) is 0 Å². The molecule has 0 radical (unpaired) electrons. The monoisotopic (exact) mass is 538 g/mol. The second-order valence-corrected chi connectivity index (χ2v) is 9.05. The number of benzene rings is 4. The van der Waals surface area contributed by atoms with E-state index in [4.69, 9.17) is 21.1 Å². The first-order valence-corrected chi connectivity index (χ1v) is 12.4. The molecule has 8 heteroatoms. The molecule has 0 spiro atoms. The van der Waals surface area contributed by atoms with Gasteiger partial charge in [-0.25, -0.2) is 14.6 Å². The molecule has 194 valence electrons. The van der Waals surface area contributed by atoms with Gasteiger partial charge >= 0.3 is 6.03 Å². The standard InChI is InChI=1S/C31H23ClN2O5/c1-38-28-19-22(14-17-27(28)39-20-21-12-15-23(32)16-13-21)18-26-29(35)33(24-8-4-2-5-9-24)31(37)34(30(26)36)25-10-6-3-7-11-25/h2-19H,20H2,1H3. The summed E-state index contributed by atoms with van der Waals surface area (Å²) < 4.78 is 11.4. The van der Waals surface area contributed by atoms with Crippen LogP contribution in [0.3, 0.4) is 0 Å². The molecule has 0 atom stereocenters. The Bertz CT molecular complexity index is 1490. The average molecular weight is 539 g/mol. The summed E-state index contributed by atoms with van der Waals surface area (Å²) in [6, 6.07) is 28.6. The highest BCUT2D eigenvalue weighted by Gasteiger charge is 2.43. The van der Waals surface area contributed by atoms with Crippen molar-refractivity contribution >= 4 is 46.9 Å². The molecular weight excluding hydrogens is 516 g/mol. The van der Waals surface area contributed by atoms with Gasteiger partial charge in [-0.2, -0.15) is 0 Å². The summed E-state index contributed by atoms with van der Waals surface area (Å²) in [4.78, 5) is 42.6. The van der Waals surface area contributed by atoms with Gasteiger partial charge in [-0.1, -0.05) is 66.2 Å². The van der Waals surface area contributed by atoms with Crippen molar-refractivity contribution in [2.75, 3.05) is 16.9 Å². The fourth-order valence-electron chi connectivity index (χ4n) is 4.14. The fraction of sp³-hybridized carbons (Fsp3) is 0.0645.